The molecule has 0 spiro atoms. The first kappa shape index (κ1) is 13.7. The Hall–Kier alpha value is -1.90. The van der Waals surface area contributed by atoms with Crippen molar-refractivity contribution in [3.05, 3.63) is 47.0 Å². The Balaban J connectivity index is 1.72. The molecule has 3 aliphatic rings. The summed E-state index contributed by atoms with van der Waals surface area (Å²) in [5, 5.41) is 0. The van der Waals surface area contributed by atoms with Crippen LogP contribution in [0.4, 0.5) is 5.82 Å². The van der Waals surface area contributed by atoms with Gasteiger partial charge in [0.2, 0.25) is 0 Å². The van der Waals surface area contributed by atoms with Gasteiger partial charge in [0.25, 0.3) is 0 Å². The van der Waals surface area contributed by atoms with E-state index in [-0.39, 0.29) is 0 Å². The highest BCUT2D eigenvalue weighted by Gasteiger charge is 2.24. The van der Waals surface area contributed by atoms with Crippen LogP contribution in [-0.4, -0.2) is 9.97 Å². The van der Waals surface area contributed by atoms with Crippen molar-refractivity contribution in [3.8, 4) is 0 Å². The van der Waals surface area contributed by atoms with Crippen LogP contribution in [0.5, 0.6) is 0 Å². The molecule has 0 saturated heterocycles. The number of nitrogens with two attached hydrogens (primary N) is 1. The molecule has 0 atom stereocenters. The van der Waals surface area contributed by atoms with Crippen molar-refractivity contribution in [2.75, 3.05) is 5.73 Å². The zero-order valence-electron chi connectivity index (χ0n) is 13.0. The highest BCUT2D eigenvalue weighted by Crippen LogP contribution is 2.35. The zero-order chi connectivity index (χ0) is 14.9. The fourth-order valence-electron chi connectivity index (χ4n) is 3.97. The van der Waals surface area contributed by atoms with E-state index < -0.39 is 0 Å². The predicted molar refractivity (Wildman–Crippen MR) is 90.2 cm³/mol. The molecule has 1 aromatic heterocycles. The lowest BCUT2D eigenvalue weighted by atomic mass is 9.90. The third-order valence-corrected chi connectivity index (χ3v) is 5.20. The van der Waals surface area contributed by atoms with Gasteiger partial charge in [-0.15, -0.1) is 0 Å². The quantitative estimate of drug-likeness (QED) is 0.896. The van der Waals surface area contributed by atoms with Crippen LogP contribution in [0, 0.1) is 5.92 Å². The van der Waals surface area contributed by atoms with Gasteiger partial charge in [-0.3, -0.25) is 0 Å². The van der Waals surface area contributed by atoms with Gasteiger partial charge in [0.1, 0.15) is 5.82 Å². The summed E-state index contributed by atoms with van der Waals surface area (Å²) in [7, 11) is 0. The summed E-state index contributed by atoms with van der Waals surface area (Å²) < 4.78 is 0. The molecule has 22 heavy (non-hydrogen) atoms. The first-order valence-electron chi connectivity index (χ1n) is 8.52. The molecule has 0 unspecified atom stereocenters. The maximum absolute atomic E-state index is 6.20. The van der Waals surface area contributed by atoms with E-state index in [1.165, 1.54) is 36.8 Å². The molecular weight excluding hydrogens is 270 g/mol. The minimum Gasteiger partial charge on any atom is -0.382 e. The van der Waals surface area contributed by atoms with Gasteiger partial charge in [-0.2, -0.15) is 0 Å². The number of allylic oxidation sites excluding steroid dienone is 6. The topological polar surface area (TPSA) is 51.8 Å². The Morgan fingerprint density at radius 2 is 1.95 bits per heavy atom. The molecule has 0 amide bonds. The summed E-state index contributed by atoms with van der Waals surface area (Å²) in [6, 6.07) is 0. The van der Waals surface area contributed by atoms with Crippen molar-refractivity contribution in [1.82, 2.24) is 9.97 Å². The number of aromatic nitrogens is 2. The second-order valence-corrected chi connectivity index (χ2v) is 6.71. The molecule has 0 bridgehead atoms. The van der Waals surface area contributed by atoms with E-state index in [0.717, 1.165) is 48.7 Å². The van der Waals surface area contributed by atoms with Crippen LogP contribution in [0.3, 0.4) is 0 Å². The Morgan fingerprint density at radius 3 is 2.82 bits per heavy atom. The Kier molecular flexibility index (Phi) is 3.57. The lowest BCUT2D eigenvalue weighted by Crippen LogP contribution is -2.15. The third-order valence-electron chi connectivity index (χ3n) is 5.20. The lowest BCUT2D eigenvalue weighted by molar-refractivity contribution is 0.538. The molecule has 114 valence electrons. The maximum atomic E-state index is 6.20. The summed E-state index contributed by atoms with van der Waals surface area (Å²) in [4.78, 5) is 9.68. The predicted octanol–water partition coefficient (Wildman–Crippen LogP) is 4.01. The molecule has 1 heterocycles. The molecule has 0 aliphatic heterocycles. The SMILES string of the molecule is Nc1nc2c(nc1CC1CCCC1)C1=C(CC=CC=C1)CC2. The minimum atomic E-state index is 0.658. The van der Waals surface area contributed by atoms with Crippen molar-refractivity contribution in [1.29, 1.82) is 0 Å². The van der Waals surface area contributed by atoms with Crippen molar-refractivity contribution < 1.29 is 0 Å². The van der Waals surface area contributed by atoms with Gasteiger partial charge in [-0.05, 0) is 31.6 Å². The van der Waals surface area contributed by atoms with E-state index in [4.69, 9.17) is 15.7 Å². The Morgan fingerprint density at radius 1 is 1.09 bits per heavy atom. The number of hydrogen-bond donors (Lipinski definition) is 1. The van der Waals surface area contributed by atoms with Crippen molar-refractivity contribution >= 4 is 11.4 Å². The van der Waals surface area contributed by atoms with E-state index in [1.54, 1.807) is 0 Å². The highest BCUT2D eigenvalue weighted by atomic mass is 14.9. The molecule has 4 rings (SSSR count). The Bertz CT molecular complexity index is 676. The monoisotopic (exact) mass is 293 g/mol. The van der Waals surface area contributed by atoms with E-state index in [0.29, 0.717) is 5.82 Å². The van der Waals surface area contributed by atoms with Gasteiger partial charge in [0.15, 0.2) is 0 Å². The third kappa shape index (κ3) is 2.49. The Labute approximate surface area is 132 Å². The second-order valence-electron chi connectivity index (χ2n) is 6.71. The van der Waals surface area contributed by atoms with Crippen LogP contribution < -0.4 is 5.73 Å². The smallest absolute Gasteiger partial charge is 0.145 e. The standard InChI is InChI=1S/C19H23N3/c20-19-17(12-13-6-4-5-7-13)21-18-15-9-3-1-2-8-14(15)10-11-16(18)22-19/h1-3,9,13H,4-8,10-12H2,(H2,20,22). The fraction of sp³-hybridized carbons (Fsp3) is 0.474. The van der Waals surface area contributed by atoms with Crippen LogP contribution in [0.15, 0.2) is 29.9 Å². The number of rotatable bonds is 2. The fourth-order valence-corrected chi connectivity index (χ4v) is 3.97. The second kappa shape index (κ2) is 5.71. The van der Waals surface area contributed by atoms with Gasteiger partial charge in [0.05, 0.1) is 17.1 Å². The van der Waals surface area contributed by atoms with E-state index >= 15 is 0 Å². The van der Waals surface area contributed by atoms with Crippen LogP contribution >= 0.6 is 0 Å². The van der Waals surface area contributed by atoms with Crippen LogP contribution in [0.2, 0.25) is 0 Å². The average Bonchev–Trinajstić information content (AvgIpc) is 2.90. The van der Waals surface area contributed by atoms with Crippen LogP contribution in [0.25, 0.3) is 5.57 Å². The molecule has 1 fully saturated rings. The number of nitrogens with zero attached hydrogens (tertiary/aromatic N) is 2. The van der Waals surface area contributed by atoms with E-state index in [2.05, 4.69) is 24.3 Å². The van der Waals surface area contributed by atoms with Crippen LogP contribution in [0.1, 0.15) is 55.6 Å². The highest BCUT2D eigenvalue weighted by molar-refractivity contribution is 5.78. The van der Waals surface area contributed by atoms with Crippen molar-refractivity contribution in [3.63, 3.8) is 0 Å². The van der Waals surface area contributed by atoms with Crippen LogP contribution in [-0.2, 0) is 12.8 Å². The zero-order valence-corrected chi connectivity index (χ0v) is 13.0. The minimum absolute atomic E-state index is 0.658. The normalized spacial score (nSPS) is 20.9. The number of aryl methyl sites for hydroxylation is 1. The molecule has 1 aromatic rings. The molecule has 2 N–H and O–H groups in total. The number of nitrogen functional groups attached to an aromatic ring is 1. The molecule has 3 aliphatic carbocycles. The van der Waals surface area contributed by atoms with Gasteiger partial charge in [-0.1, -0.05) is 55.6 Å². The number of anilines is 1. The van der Waals surface area contributed by atoms with Gasteiger partial charge < -0.3 is 5.73 Å². The molecule has 3 nitrogen and oxygen atoms in total. The molecule has 0 radical (unpaired) electrons. The number of hydrogen-bond acceptors (Lipinski definition) is 3. The average molecular weight is 293 g/mol. The molecular formula is C19H23N3. The van der Waals surface area contributed by atoms with Gasteiger partial charge >= 0.3 is 0 Å². The summed E-state index contributed by atoms with van der Waals surface area (Å²) in [6.45, 7) is 0. The van der Waals surface area contributed by atoms with Crippen molar-refractivity contribution in [2.24, 2.45) is 5.92 Å². The summed E-state index contributed by atoms with van der Waals surface area (Å²) in [6.07, 6.45) is 18.1. The van der Waals surface area contributed by atoms with E-state index in [9.17, 15) is 0 Å². The molecule has 1 saturated carbocycles. The summed E-state index contributed by atoms with van der Waals surface area (Å²) in [5.41, 5.74) is 12.2. The van der Waals surface area contributed by atoms with E-state index in [1.807, 2.05) is 0 Å². The molecule has 0 aromatic carbocycles. The van der Waals surface area contributed by atoms with Gasteiger partial charge in [-0.25, -0.2) is 9.97 Å². The lowest BCUT2D eigenvalue weighted by Gasteiger charge is -2.21. The van der Waals surface area contributed by atoms with Gasteiger partial charge in [0, 0.05) is 5.57 Å². The molecule has 3 heteroatoms. The number of fused-ring (bicyclic) bond motifs is 2. The first-order chi connectivity index (χ1) is 10.8. The van der Waals surface area contributed by atoms with Crippen molar-refractivity contribution in [2.45, 2.75) is 51.4 Å². The summed E-state index contributed by atoms with van der Waals surface area (Å²) in [5.74, 6) is 1.41. The summed E-state index contributed by atoms with van der Waals surface area (Å²) >= 11 is 0. The first-order valence-corrected chi connectivity index (χ1v) is 8.52. The maximum Gasteiger partial charge on any atom is 0.145 e. The largest absolute Gasteiger partial charge is 0.382 e.